The number of nitrogens with zero attached hydrogens (tertiary/aromatic N) is 2. The number of thiophene rings is 1. The van der Waals surface area contributed by atoms with Crippen LogP contribution in [0.15, 0.2) is 64.3 Å². The normalized spacial score (nSPS) is 23.7. The second kappa shape index (κ2) is 6.01. The van der Waals surface area contributed by atoms with E-state index in [4.69, 9.17) is 0 Å². The summed E-state index contributed by atoms with van der Waals surface area (Å²) in [6, 6.07) is 13.8. The van der Waals surface area contributed by atoms with Crippen molar-refractivity contribution in [3.8, 4) is 11.1 Å². The Morgan fingerprint density at radius 3 is 2.81 bits per heavy atom. The first kappa shape index (κ1) is 16.2. The van der Waals surface area contributed by atoms with E-state index in [2.05, 4.69) is 27.4 Å². The standard InChI is InChI=1S/C20H18N2O2S2/c23-26(24)19-5-4-14(15-6-8-25-13-15)9-17(19)18-11-22(12-20(18)26)10-16-3-1-2-7-21-16/h1-9,13,18,20H,10-12H2/t18-,20-/m0/s1. The highest BCUT2D eigenvalue weighted by Crippen LogP contribution is 2.46. The minimum absolute atomic E-state index is 0.0531. The molecule has 0 bridgehead atoms. The van der Waals surface area contributed by atoms with Crippen LogP contribution in [0.2, 0.25) is 0 Å². The zero-order chi connectivity index (χ0) is 17.7. The SMILES string of the molecule is O=S1(=O)c2ccc(-c3ccsc3)cc2[C@@H]2CN(Cc3ccccn3)C[C@@H]21. The lowest BCUT2D eigenvalue weighted by molar-refractivity contribution is 0.321. The van der Waals surface area contributed by atoms with Crippen LogP contribution < -0.4 is 0 Å². The molecule has 0 spiro atoms. The van der Waals surface area contributed by atoms with E-state index in [1.54, 1.807) is 23.6 Å². The average molecular weight is 383 g/mol. The van der Waals surface area contributed by atoms with Gasteiger partial charge in [-0.1, -0.05) is 12.1 Å². The number of hydrogen-bond donors (Lipinski definition) is 0. The number of likely N-dealkylation sites (tertiary alicyclic amines) is 1. The summed E-state index contributed by atoms with van der Waals surface area (Å²) < 4.78 is 26.0. The molecule has 26 heavy (non-hydrogen) atoms. The van der Waals surface area contributed by atoms with Gasteiger partial charge in [-0.05, 0) is 57.8 Å². The Morgan fingerprint density at radius 2 is 2.04 bits per heavy atom. The summed E-state index contributed by atoms with van der Waals surface area (Å²) in [4.78, 5) is 7.12. The lowest BCUT2D eigenvalue weighted by Gasteiger charge is -2.17. The molecule has 1 aromatic carbocycles. The third-order valence-electron chi connectivity index (χ3n) is 5.42. The van der Waals surface area contributed by atoms with Crippen LogP contribution >= 0.6 is 11.3 Å². The summed E-state index contributed by atoms with van der Waals surface area (Å²) in [5.41, 5.74) is 4.23. The van der Waals surface area contributed by atoms with Crippen LogP contribution in [0.3, 0.4) is 0 Å². The molecule has 0 amide bonds. The minimum atomic E-state index is -3.25. The number of hydrogen-bond acceptors (Lipinski definition) is 5. The maximum atomic E-state index is 13.0. The van der Waals surface area contributed by atoms with Crippen LogP contribution in [0.25, 0.3) is 11.1 Å². The van der Waals surface area contributed by atoms with Crippen molar-refractivity contribution in [1.29, 1.82) is 0 Å². The maximum Gasteiger partial charge on any atom is 0.183 e. The zero-order valence-electron chi connectivity index (χ0n) is 14.1. The number of sulfone groups is 1. The van der Waals surface area contributed by atoms with Crippen molar-refractivity contribution in [3.05, 3.63) is 70.7 Å². The second-order valence-corrected chi connectivity index (χ2v) is 9.89. The highest BCUT2D eigenvalue weighted by molar-refractivity contribution is 7.92. The van der Waals surface area contributed by atoms with Crippen molar-refractivity contribution in [3.63, 3.8) is 0 Å². The highest BCUT2D eigenvalue weighted by Gasteiger charge is 2.50. The number of aromatic nitrogens is 1. The summed E-state index contributed by atoms with van der Waals surface area (Å²) in [5.74, 6) is 0.0531. The third kappa shape index (κ3) is 2.52. The number of rotatable bonds is 3. The molecule has 4 nitrogen and oxygen atoms in total. The Labute approximate surface area is 157 Å². The Bertz CT molecular complexity index is 1050. The Balaban J connectivity index is 1.49. The first-order chi connectivity index (χ1) is 12.6. The van der Waals surface area contributed by atoms with Crippen molar-refractivity contribution in [2.24, 2.45) is 0 Å². The van der Waals surface area contributed by atoms with Crippen LogP contribution in [0.5, 0.6) is 0 Å². The van der Waals surface area contributed by atoms with Gasteiger partial charge >= 0.3 is 0 Å². The smallest absolute Gasteiger partial charge is 0.183 e. The van der Waals surface area contributed by atoms with E-state index in [-0.39, 0.29) is 11.2 Å². The van der Waals surface area contributed by atoms with Crippen LogP contribution in [0.1, 0.15) is 17.2 Å². The number of benzene rings is 1. The largest absolute Gasteiger partial charge is 0.296 e. The first-order valence-electron chi connectivity index (χ1n) is 8.65. The lowest BCUT2D eigenvalue weighted by atomic mass is 9.95. The van der Waals surface area contributed by atoms with Crippen molar-refractivity contribution in [2.75, 3.05) is 13.1 Å². The van der Waals surface area contributed by atoms with Crippen LogP contribution in [0, 0.1) is 0 Å². The fourth-order valence-electron chi connectivity index (χ4n) is 4.18. The van der Waals surface area contributed by atoms with Crippen LogP contribution in [-0.4, -0.2) is 36.6 Å². The van der Waals surface area contributed by atoms with Gasteiger partial charge in [0.2, 0.25) is 0 Å². The van der Waals surface area contributed by atoms with Gasteiger partial charge in [0.25, 0.3) is 0 Å². The molecule has 2 aliphatic heterocycles. The molecule has 6 heteroatoms. The molecule has 2 atom stereocenters. The Kier molecular flexibility index (Phi) is 3.74. The molecule has 0 aliphatic carbocycles. The molecule has 5 rings (SSSR count). The van der Waals surface area contributed by atoms with Gasteiger partial charge in [0.1, 0.15) is 0 Å². The van der Waals surface area contributed by atoms with Gasteiger partial charge in [0, 0.05) is 31.7 Å². The molecule has 0 unspecified atom stereocenters. The molecule has 2 aromatic heterocycles. The van der Waals surface area contributed by atoms with Gasteiger partial charge in [-0.3, -0.25) is 9.88 Å². The Hall–Kier alpha value is -2.02. The molecule has 0 saturated carbocycles. The van der Waals surface area contributed by atoms with Crippen molar-refractivity contribution in [1.82, 2.24) is 9.88 Å². The molecular weight excluding hydrogens is 364 g/mol. The average Bonchev–Trinajstić information content (AvgIpc) is 3.35. The molecule has 1 saturated heterocycles. The monoisotopic (exact) mass is 382 g/mol. The van der Waals surface area contributed by atoms with Gasteiger partial charge in [0.05, 0.1) is 15.8 Å². The van der Waals surface area contributed by atoms with E-state index >= 15 is 0 Å². The first-order valence-corrected chi connectivity index (χ1v) is 11.1. The van der Waals surface area contributed by atoms with E-state index in [9.17, 15) is 8.42 Å². The lowest BCUT2D eigenvalue weighted by Crippen LogP contribution is -2.26. The molecular formula is C20H18N2O2S2. The highest BCUT2D eigenvalue weighted by atomic mass is 32.2. The molecule has 132 valence electrons. The van der Waals surface area contributed by atoms with Gasteiger partial charge in [0.15, 0.2) is 9.84 Å². The van der Waals surface area contributed by atoms with E-state index in [1.807, 2.05) is 29.6 Å². The number of pyridine rings is 1. The predicted molar refractivity (Wildman–Crippen MR) is 103 cm³/mol. The van der Waals surface area contributed by atoms with Gasteiger partial charge in [-0.25, -0.2) is 8.42 Å². The molecule has 0 N–H and O–H groups in total. The fraction of sp³-hybridized carbons (Fsp3) is 0.250. The van der Waals surface area contributed by atoms with Crippen LogP contribution in [0.4, 0.5) is 0 Å². The molecule has 2 aliphatic rings. The summed E-state index contributed by atoms with van der Waals surface area (Å²) in [6.45, 7) is 2.04. The quantitative estimate of drug-likeness (QED) is 0.695. The topological polar surface area (TPSA) is 50.3 Å². The number of fused-ring (bicyclic) bond motifs is 3. The second-order valence-electron chi connectivity index (χ2n) is 6.97. The summed E-state index contributed by atoms with van der Waals surface area (Å²) >= 11 is 1.66. The molecule has 4 heterocycles. The zero-order valence-corrected chi connectivity index (χ0v) is 15.7. The minimum Gasteiger partial charge on any atom is -0.296 e. The Morgan fingerprint density at radius 1 is 1.12 bits per heavy atom. The van der Waals surface area contributed by atoms with Gasteiger partial charge in [-0.15, -0.1) is 0 Å². The van der Waals surface area contributed by atoms with Crippen LogP contribution in [-0.2, 0) is 16.4 Å². The van der Waals surface area contributed by atoms with Crippen molar-refractivity contribution < 1.29 is 8.42 Å². The van der Waals surface area contributed by atoms with E-state index < -0.39 is 9.84 Å². The predicted octanol–water partition coefficient (Wildman–Crippen LogP) is 3.57. The summed E-state index contributed by atoms with van der Waals surface area (Å²) in [6.07, 6.45) is 1.78. The van der Waals surface area contributed by atoms with Gasteiger partial charge < -0.3 is 0 Å². The molecule has 0 radical (unpaired) electrons. The van der Waals surface area contributed by atoms with E-state index in [0.29, 0.717) is 18.0 Å². The van der Waals surface area contributed by atoms with Crippen molar-refractivity contribution in [2.45, 2.75) is 22.6 Å². The van der Waals surface area contributed by atoms with E-state index in [0.717, 1.165) is 28.9 Å². The summed E-state index contributed by atoms with van der Waals surface area (Å²) in [5, 5.41) is 3.82. The van der Waals surface area contributed by atoms with Gasteiger partial charge in [-0.2, -0.15) is 11.3 Å². The fourth-order valence-corrected chi connectivity index (χ4v) is 7.04. The molecule has 3 aromatic rings. The maximum absolute atomic E-state index is 13.0. The third-order valence-corrected chi connectivity index (χ3v) is 8.37. The summed E-state index contributed by atoms with van der Waals surface area (Å²) in [7, 11) is -3.25. The van der Waals surface area contributed by atoms with E-state index in [1.165, 1.54) is 0 Å². The van der Waals surface area contributed by atoms with Crippen molar-refractivity contribution >= 4 is 21.2 Å². The molecule has 1 fully saturated rings.